The first-order valence-electron chi connectivity index (χ1n) is 5.57. The maximum Gasteiger partial charge on any atom is 0.251 e. The molecule has 0 aliphatic rings. The Balaban J connectivity index is 1.89. The number of nitrogens with one attached hydrogen (secondary N) is 1. The summed E-state index contributed by atoms with van der Waals surface area (Å²) in [7, 11) is -3.51. The summed E-state index contributed by atoms with van der Waals surface area (Å²) in [5, 5.41) is 0. The van der Waals surface area contributed by atoms with Crippen molar-refractivity contribution >= 4 is 33.0 Å². The Morgan fingerprint density at radius 2 is 2.32 bits per heavy atom. The number of hydrogen-bond donors (Lipinski definition) is 1. The number of sulfonamides is 1. The van der Waals surface area contributed by atoms with E-state index in [9.17, 15) is 8.42 Å². The van der Waals surface area contributed by atoms with Gasteiger partial charge in [-0.2, -0.15) is 0 Å². The van der Waals surface area contributed by atoms with Crippen LogP contribution in [0.3, 0.4) is 0 Å². The Bertz CT molecular complexity index is 637. The Morgan fingerprint density at radius 1 is 1.53 bits per heavy atom. The van der Waals surface area contributed by atoms with Gasteiger partial charge in [0.25, 0.3) is 10.0 Å². The van der Waals surface area contributed by atoms with Crippen molar-refractivity contribution in [3.63, 3.8) is 0 Å². The summed E-state index contributed by atoms with van der Waals surface area (Å²) in [5.74, 6) is 0. The molecule has 0 aliphatic heterocycles. The molecule has 0 saturated heterocycles. The smallest absolute Gasteiger partial charge is 0.251 e. The van der Waals surface area contributed by atoms with Gasteiger partial charge in [0.2, 0.25) is 0 Å². The lowest BCUT2D eigenvalue weighted by Crippen LogP contribution is -2.25. The molecule has 2 aromatic rings. The standard InChI is InChI=1S/C10H13ClN4O2S2/c1-8-9(18-10(11)14-8)19(16,17)13-3-2-5-15-6-4-12-7-15/h4,6-7,13H,2-3,5H2,1H3. The van der Waals surface area contributed by atoms with Crippen LogP contribution in [0.15, 0.2) is 22.9 Å². The topological polar surface area (TPSA) is 76.9 Å². The second-order valence-electron chi connectivity index (χ2n) is 3.89. The average Bonchev–Trinajstić information content (AvgIpc) is 2.94. The molecule has 0 fully saturated rings. The molecule has 0 aromatic carbocycles. The van der Waals surface area contributed by atoms with Crippen molar-refractivity contribution in [2.24, 2.45) is 0 Å². The molecule has 0 aliphatic carbocycles. The minimum atomic E-state index is -3.51. The number of halogens is 1. The second-order valence-corrected chi connectivity index (χ2v) is 7.43. The SMILES string of the molecule is Cc1nc(Cl)sc1S(=O)(=O)NCCCn1ccnc1. The number of aromatic nitrogens is 3. The molecule has 0 saturated carbocycles. The van der Waals surface area contributed by atoms with Crippen molar-refractivity contribution in [2.45, 2.75) is 24.1 Å². The zero-order chi connectivity index (χ0) is 13.9. The van der Waals surface area contributed by atoms with E-state index in [1.807, 2.05) is 10.8 Å². The van der Waals surface area contributed by atoms with Crippen LogP contribution < -0.4 is 4.72 Å². The van der Waals surface area contributed by atoms with Crippen LogP contribution in [0.1, 0.15) is 12.1 Å². The lowest BCUT2D eigenvalue weighted by molar-refractivity contribution is 0.571. The third-order valence-corrected chi connectivity index (χ3v) is 5.75. The molecule has 104 valence electrons. The zero-order valence-corrected chi connectivity index (χ0v) is 12.6. The Morgan fingerprint density at radius 3 is 2.89 bits per heavy atom. The van der Waals surface area contributed by atoms with Crippen LogP contribution in [0.25, 0.3) is 0 Å². The van der Waals surface area contributed by atoms with Gasteiger partial charge in [0.05, 0.1) is 12.0 Å². The van der Waals surface area contributed by atoms with Gasteiger partial charge in [-0.25, -0.2) is 23.1 Å². The maximum atomic E-state index is 12.0. The fraction of sp³-hybridized carbons (Fsp3) is 0.400. The lowest BCUT2D eigenvalue weighted by Gasteiger charge is -2.05. The summed E-state index contributed by atoms with van der Waals surface area (Å²) in [6, 6.07) is 0. The summed E-state index contributed by atoms with van der Waals surface area (Å²) in [5.41, 5.74) is 0.428. The predicted molar refractivity (Wildman–Crippen MR) is 73.9 cm³/mol. The van der Waals surface area contributed by atoms with E-state index in [4.69, 9.17) is 11.6 Å². The summed E-state index contributed by atoms with van der Waals surface area (Å²) < 4.78 is 28.9. The molecule has 0 bridgehead atoms. The van der Waals surface area contributed by atoms with Crippen molar-refractivity contribution in [3.05, 3.63) is 28.9 Å². The molecule has 6 nitrogen and oxygen atoms in total. The van der Waals surface area contributed by atoms with Crippen LogP contribution in [0.5, 0.6) is 0 Å². The van der Waals surface area contributed by atoms with Crippen LogP contribution in [0.2, 0.25) is 4.47 Å². The highest BCUT2D eigenvalue weighted by Crippen LogP contribution is 2.26. The molecule has 0 unspecified atom stereocenters. The highest BCUT2D eigenvalue weighted by Gasteiger charge is 2.20. The highest BCUT2D eigenvalue weighted by molar-refractivity contribution is 7.91. The number of hydrogen-bond acceptors (Lipinski definition) is 5. The molecule has 0 amide bonds. The van der Waals surface area contributed by atoms with Crippen LogP contribution >= 0.6 is 22.9 Å². The quantitative estimate of drug-likeness (QED) is 0.821. The van der Waals surface area contributed by atoms with E-state index in [1.165, 1.54) is 0 Å². The number of rotatable bonds is 6. The average molecular weight is 321 g/mol. The van der Waals surface area contributed by atoms with Crippen LogP contribution in [0, 0.1) is 6.92 Å². The molecular formula is C10H13ClN4O2S2. The van der Waals surface area contributed by atoms with Gasteiger partial charge in [-0.3, -0.25) is 0 Å². The highest BCUT2D eigenvalue weighted by atomic mass is 35.5. The zero-order valence-electron chi connectivity index (χ0n) is 10.2. The van der Waals surface area contributed by atoms with Crippen molar-refractivity contribution in [3.8, 4) is 0 Å². The van der Waals surface area contributed by atoms with Crippen molar-refractivity contribution < 1.29 is 8.42 Å². The number of nitrogens with zero attached hydrogens (tertiary/aromatic N) is 3. The van der Waals surface area contributed by atoms with Gasteiger partial charge in [-0.05, 0) is 13.3 Å². The van der Waals surface area contributed by atoms with Crippen molar-refractivity contribution in [1.29, 1.82) is 0 Å². The lowest BCUT2D eigenvalue weighted by atomic mass is 10.4. The molecule has 19 heavy (non-hydrogen) atoms. The van der Waals surface area contributed by atoms with Gasteiger partial charge in [0.15, 0.2) is 8.68 Å². The van der Waals surface area contributed by atoms with Crippen molar-refractivity contribution in [2.75, 3.05) is 6.54 Å². The molecular weight excluding hydrogens is 308 g/mol. The number of imidazole rings is 1. The summed E-state index contributed by atoms with van der Waals surface area (Å²) >= 11 is 6.67. The minimum Gasteiger partial charge on any atom is -0.337 e. The monoisotopic (exact) mass is 320 g/mol. The van der Waals surface area contributed by atoms with E-state index in [1.54, 1.807) is 19.4 Å². The van der Waals surface area contributed by atoms with E-state index in [2.05, 4.69) is 14.7 Å². The maximum absolute atomic E-state index is 12.0. The fourth-order valence-corrected chi connectivity index (χ4v) is 4.41. The van der Waals surface area contributed by atoms with E-state index < -0.39 is 10.0 Å². The molecule has 2 rings (SSSR count). The van der Waals surface area contributed by atoms with E-state index in [0.717, 1.165) is 11.3 Å². The first-order valence-corrected chi connectivity index (χ1v) is 8.25. The first kappa shape index (κ1) is 14.4. The van der Waals surface area contributed by atoms with Gasteiger partial charge < -0.3 is 4.57 Å². The molecule has 2 heterocycles. The van der Waals surface area contributed by atoms with E-state index in [-0.39, 0.29) is 8.68 Å². The molecule has 0 spiro atoms. The molecule has 1 N–H and O–H groups in total. The van der Waals surface area contributed by atoms with E-state index >= 15 is 0 Å². The van der Waals surface area contributed by atoms with Crippen LogP contribution in [0.4, 0.5) is 0 Å². The second kappa shape index (κ2) is 6.00. The normalized spacial score (nSPS) is 11.9. The first-order chi connectivity index (χ1) is 8.99. The van der Waals surface area contributed by atoms with Crippen LogP contribution in [-0.4, -0.2) is 29.5 Å². The van der Waals surface area contributed by atoms with Gasteiger partial charge in [-0.15, -0.1) is 0 Å². The predicted octanol–water partition coefficient (Wildman–Crippen LogP) is 1.67. The number of thiazole rings is 1. The van der Waals surface area contributed by atoms with Gasteiger partial charge in [-0.1, -0.05) is 22.9 Å². The summed E-state index contributed by atoms with van der Waals surface area (Å²) in [4.78, 5) is 7.81. The Labute approximate surface area is 120 Å². The third-order valence-electron chi connectivity index (χ3n) is 2.42. The van der Waals surface area contributed by atoms with Crippen LogP contribution in [-0.2, 0) is 16.6 Å². The van der Waals surface area contributed by atoms with Gasteiger partial charge in [0, 0.05) is 25.5 Å². The van der Waals surface area contributed by atoms with Crippen molar-refractivity contribution in [1.82, 2.24) is 19.3 Å². The molecule has 0 radical (unpaired) electrons. The Hall–Kier alpha value is -0.960. The fourth-order valence-electron chi connectivity index (χ4n) is 1.55. The molecule has 2 aromatic heterocycles. The number of aryl methyl sites for hydroxylation is 2. The largest absolute Gasteiger partial charge is 0.337 e. The summed E-state index contributed by atoms with van der Waals surface area (Å²) in [6.45, 7) is 2.70. The Kier molecular flexibility index (Phi) is 4.56. The molecule has 0 atom stereocenters. The third kappa shape index (κ3) is 3.75. The van der Waals surface area contributed by atoms with Gasteiger partial charge in [0.1, 0.15) is 0 Å². The minimum absolute atomic E-state index is 0.181. The molecule has 9 heteroatoms. The summed E-state index contributed by atoms with van der Waals surface area (Å²) in [6.07, 6.45) is 5.90. The van der Waals surface area contributed by atoms with E-state index in [0.29, 0.717) is 25.2 Å². The van der Waals surface area contributed by atoms with Gasteiger partial charge >= 0.3 is 0 Å².